The van der Waals surface area contributed by atoms with Gasteiger partial charge in [0.05, 0.1) is 28.0 Å². The van der Waals surface area contributed by atoms with Crippen LogP contribution in [0.5, 0.6) is 11.5 Å². The number of ether oxygens (including phenoxy) is 1. The van der Waals surface area contributed by atoms with Gasteiger partial charge in [-0.25, -0.2) is 8.42 Å². The van der Waals surface area contributed by atoms with Gasteiger partial charge < -0.3 is 19.7 Å². The molecule has 35 heavy (non-hydrogen) atoms. The van der Waals surface area contributed by atoms with E-state index in [9.17, 15) is 18.3 Å². The number of amides is 1. The molecule has 2 aromatic carbocycles. The molecule has 188 valence electrons. The zero-order valence-electron chi connectivity index (χ0n) is 20.7. The van der Waals surface area contributed by atoms with Crippen LogP contribution in [0.2, 0.25) is 0 Å². The van der Waals surface area contributed by atoms with Gasteiger partial charge in [0.25, 0.3) is 5.91 Å². The number of hydrogen-bond donors (Lipinski definition) is 2. The largest absolute Gasteiger partial charge is 0.507 e. The summed E-state index contributed by atoms with van der Waals surface area (Å²) in [7, 11) is -2.46. The number of sulfone groups is 1. The first kappa shape index (κ1) is 26.3. The number of benzene rings is 2. The van der Waals surface area contributed by atoms with E-state index in [0.29, 0.717) is 17.9 Å². The molecule has 0 aliphatic rings. The second-order valence-corrected chi connectivity index (χ2v) is 12.5. The highest BCUT2D eigenvalue weighted by atomic mass is 32.2. The van der Waals surface area contributed by atoms with E-state index in [1.165, 1.54) is 31.4 Å². The van der Waals surface area contributed by atoms with Gasteiger partial charge in [0.2, 0.25) is 0 Å². The summed E-state index contributed by atoms with van der Waals surface area (Å²) in [6.07, 6.45) is 0.655. The van der Waals surface area contributed by atoms with E-state index in [4.69, 9.17) is 9.26 Å². The van der Waals surface area contributed by atoms with E-state index < -0.39 is 20.5 Å². The molecule has 1 heterocycles. The Morgan fingerprint density at radius 2 is 1.71 bits per heavy atom. The molecule has 0 fully saturated rings. The van der Waals surface area contributed by atoms with Crippen LogP contribution in [0.1, 0.15) is 49.5 Å². The van der Waals surface area contributed by atoms with Gasteiger partial charge in [-0.15, -0.1) is 0 Å². The molecular formula is C26H32N2O6S. The fraction of sp³-hybridized carbons (Fsp3) is 0.385. The Hall–Kier alpha value is -3.33. The van der Waals surface area contributed by atoms with Crippen molar-refractivity contribution >= 4 is 15.7 Å². The summed E-state index contributed by atoms with van der Waals surface area (Å²) >= 11 is 0. The second-order valence-electron chi connectivity index (χ2n) is 10.0. The summed E-state index contributed by atoms with van der Waals surface area (Å²) in [5.74, 6) is 0.165. The van der Waals surface area contributed by atoms with E-state index in [1.54, 1.807) is 37.3 Å². The molecule has 0 spiro atoms. The van der Waals surface area contributed by atoms with Crippen LogP contribution in [0.3, 0.4) is 0 Å². The average Bonchev–Trinajstić information content (AvgIpc) is 3.22. The van der Waals surface area contributed by atoms with Gasteiger partial charge in [-0.3, -0.25) is 4.79 Å². The summed E-state index contributed by atoms with van der Waals surface area (Å²) in [4.78, 5) is 12.8. The van der Waals surface area contributed by atoms with Gasteiger partial charge in [0.1, 0.15) is 17.3 Å². The lowest BCUT2D eigenvalue weighted by Gasteiger charge is -2.29. The third kappa shape index (κ3) is 6.22. The number of hydrogen-bond acceptors (Lipinski definition) is 7. The molecule has 1 amide bonds. The minimum absolute atomic E-state index is 0.0143. The van der Waals surface area contributed by atoms with Gasteiger partial charge in [-0.1, -0.05) is 38.1 Å². The zero-order valence-corrected chi connectivity index (χ0v) is 21.5. The standard InChI is InChI=1S/C26H32N2O6S/c1-25(2,3)15-18-14-20(34-28-18)16-26(4,17-27-24(30)22-8-6-7-9-23(22)29)35(31,32)21-12-10-19(33-5)11-13-21/h6-14,29H,15-17H2,1-5H3,(H,27,30). The van der Waals surface area contributed by atoms with E-state index in [1.807, 2.05) is 0 Å². The first-order valence-electron chi connectivity index (χ1n) is 11.2. The minimum atomic E-state index is -3.96. The number of rotatable bonds is 9. The van der Waals surface area contributed by atoms with Gasteiger partial charge in [-0.05, 0) is 55.2 Å². The van der Waals surface area contributed by atoms with Crippen LogP contribution >= 0.6 is 0 Å². The molecule has 1 aromatic heterocycles. The van der Waals surface area contributed by atoms with Crippen LogP contribution in [-0.4, -0.2) is 43.0 Å². The normalized spacial score (nSPS) is 13.7. The molecule has 2 N–H and O–H groups in total. The molecular weight excluding hydrogens is 468 g/mol. The minimum Gasteiger partial charge on any atom is -0.507 e. The Morgan fingerprint density at radius 3 is 2.31 bits per heavy atom. The van der Waals surface area contributed by atoms with Crippen molar-refractivity contribution in [2.24, 2.45) is 5.41 Å². The van der Waals surface area contributed by atoms with Crippen molar-refractivity contribution in [1.29, 1.82) is 0 Å². The number of carbonyl (C=O) groups is 1. The van der Waals surface area contributed by atoms with Crippen LogP contribution in [0, 0.1) is 5.41 Å². The molecule has 0 saturated carbocycles. The fourth-order valence-electron chi connectivity index (χ4n) is 3.75. The lowest BCUT2D eigenvalue weighted by Crippen LogP contribution is -2.48. The van der Waals surface area contributed by atoms with E-state index in [0.717, 1.165) is 5.69 Å². The molecule has 0 saturated heterocycles. The summed E-state index contributed by atoms with van der Waals surface area (Å²) in [6, 6.07) is 13.9. The van der Waals surface area contributed by atoms with Crippen LogP contribution in [0.25, 0.3) is 0 Å². The van der Waals surface area contributed by atoms with Crippen molar-refractivity contribution < 1.29 is 27.6 Å². The van der Waals surface area contributed by atoms with Crippen molar-refractivity contribution in [3.63, 3.8) is 0 Å². The topological polar surface area (TPSA) is 119 Å². The van der Waals surface area contributed by atoms with Crippen molar-refractivity contribution in [3.05, 3.63) is 71.6 Å². The van der Waals surface area contributed by atoms with Gasteiger partial charge >= 0.3 is 0 Å². The lowest BCUT2D eigenvalue weighted by molar-refractivity contribution is 0.0946. The van der Waals surface area contributed by atoms with Crippen molar-refractivity contribution in [2.45, 2.75) is 50.2 Å². The van der Waals surface area contributed by atoms with Crippen molar-refractivity contribution in [2.75, 3.05) is 13.7 Å². The molecule has 9 heteroatoms. The Morgan fingerprint density at radius 1 is 1.06 bits per heavy atom. The van der Waals surface area contributed by atoms with Crippen molar-refractivity contribution in [1.82, 2.24) is 10.5 Å². The Kier molecular flexibility index (Phi) is 7.59. The molecule has 1 unspecified atom stereocenters. The van der Waals surface area contributed by atoms with Gasteiger partial charge in [-0.2, -0.15) is 0 Å². The SMILES string of the molecule is COc1ccc(S(=O)(=O)C(C)(CNC(=O)c2ccccc2O)Cc2cc(CC(C)(C)C)no2)cc1. The highest BCUT2D eigenvalue weighted by Crippen LogP contribution is 2.31. The molecule has 0 radical (unpaired) electrons. The number of para-hydroxylation sites is 1. The number of aromatic nitrogens is 1. The summed E-state index contributed by atoms with van der Waals surface area (Å²) < 4.78 is 36.8. The predicted octanol–water partition coefficient (Wildman–Crippen LogP) is 4.18. The molecule has 0 bridgehead atoms. The molecule has 3 aromatic rings. The second kappa shape index (κ2) is 10.1. The first-order valence-corrected chi connectivity index (χ1v) is 12.7. The van der Waals surface area contributed by atoms with E-state index in [-0.39, 0.29) is 34.6 Å². The Labute approximate surface area is 206 Å². The van der Waals surface area contributed by atoms with Crippen LogP contribution in [0.4, 0.5) is 0 Å². The number of nitrogens with one attached hydrogen (secondary N) is 1. The smallest absolute Gasteiger partial charge is 0.255 e. The zero-order chi connectivity index (χ0) is 25.9. The lowest BCUT2D eigenvalue weighted by atomic mass is 9.90. The van der Waals surface area contributed by atoms with Gasteiger partial charge in [0, 0.05) is 19.0 Å². The van der Waals surface area contributed by atoms with Gasteiger partial charge in [0.15, 0.2) is 9.84 Å². The summed E-state index contributed by atoms with van der Waals surface area (Å²) in [6.45, 7) is 7.57. The maximum Gasteiger partial charge on any atom is 0.255 e. The number of phenolic OH excluding ortho intramolecular Hbond substituents is 1. The number of aromatic hydroxyl groups is 1. The Bertz CT molecular complexity index is 1280. The number of phenols is 1. The average molecular weight is 501 g/mol. The molecule has 0 aliphatic carbocycles. The van der Waals surface area contributed by atoms with E-state index in [2.05, 4.69) is 31.2 Å². The predicted molar refractivity (Wildman–Crippen MR) is 132 cm³/mol. The van der Waals surface area contributed by atoms with E-state index >= 15 is 0 Å². The number of nitrogens with zero attached hydrogens (tertiary/aromatic N) is 1. The summed E-state index contributed by atoms with van der Waals surface area (Å²) in [5.41, 5.74) is 0.775. The quantitative estimate of drug-likeness (QED) is 0.452. The number of methoxy groups -OCH3 is 1. The third-order valence-corrected chi connectivity index (χ3v) is 8.14. The molecule has 8 nitrogen and oxygen atoms in total. The highest BCUT2D eigenvalue weighted by Gasteiger charge is 2.42. The molecule has 3 rings (SSSR count). The van der Waals surface area contributed by atoms with Crippen LogP contribution in [0.15, 0.2) is 64.0 Å². The van der Waals surface area contributed by atoms with Crippen LogP contribution in [-0.2, 0) is 22.7 Å². The summed E-state index contributed by atoms with van der Waals surface area (Å²) in [5, 5.41) is 16.8. The molecule has 0 aliphatic heterocycles. The first-order chi connectivity index (χ1) is 16.3. The monoisotopic (exact) mass is 500 g/mol. The Balaban J connectivity index is 1.93. The fourth-order valence-corrected chi connectivity index (χ4v) is 5.41. The molecule has 1 atom stereocenters. The maximum atomic E-state index is 13.8. The van der Waals surface area contributed by atoms with Crippen molar-refractivity contribution in [3.8, 4) is 11.5 Å². The third-order valence-electron chi connectivity index (χ3n) is 5.66. The number of carbonyl (C=O) groups excluding carboxylic acids is 1. The van der Waals surface area contributed by atoms with Crippen LogP contribution < -0.4 is 10.1 Å². The maximum absolute atomic E-state index is 13.8. The highest BCUT2D eigenvalue weighted by molar-refractivity contribution is 7.92.